The summed E-state index contributed by atoms with van der Waals surface area (Å²) in [6.45, 7) is 5.08. The van der Waals surface area contributed by atoms with E-state index in [9.17, 15) is 4.39 Å². The molecular weight excluding hydrogens is 343 g/mol. The highest BCUT2D eigenvalue weighted by Gasteiger charge is 2.16. The molecule has 0 radical (unpaired) electrons. The standard InChI is InChI=1S/C19H22ClFN2S/c1-3-14(2)22-19(24)23(12-15-8-5-4-6-9-15)13-16-17(20)10-7-11-18(16)21/h4-11,14H,3,12-13H2,1-2H3,(H,22,24). The van der Waals surface area contributed by atoms with Crippen LogP contribution in [0.4, 0.5) is 4.39 Å². The average Bonchev–Trinajstić information content (AvgIpc) is 2.58. The minimum Gasteiger partial charge on any atom is -0.360 e. The van der Waals surface area contributed by atoms with Crippen molar-refractivity contribution in [3.63, 3.8) is 0 Å². The fourth-order valence-electron chi connectivity index (χ4n) is 2.28. The zero-order valence-electron chi connectivity index (χ0n) is 13.9. The molecule has 0 aliphatic heterocycles. The molecular formula is C19H22ClFN2S. The van der Waals surface area contributed by atoms with Crippen molar-refractivity contribution in [3.8, 4) is 0 Å². The maximum atomic E-state index is 14.2. The lowest BCUT2D eigenvalue weighted by Crippen LogP contribution is -2.42. The summed E-state index contributed by atoms with van der Waals surface area (Å²) in [5.74, 6) is -0.313. The van der Waals surface area contributed by atoms with E-state index in [2.05, 4.69) is 19.2 Å². The van der Waals surface area contributed by atoms with Crippen LogP contribution < -0.4 is 5.32 Å². The van der Waals surface area contributed by atoms with Crippen LogP contribution in [-0.2, 0) is 13.1 Å². The highest BCUT2D eigenvalue weighted by Crippen LogP contribution is 2.22. The molecule has 2 rings (SSSR count). The Hall–Kier alpha value is -1.65. The van der Waals surface area contributed by atoms with Gasteiger partial charge in [0.25, 0.3) is 0 Å². The molecule has 1 unspecified atom stereocenters. The molecule has 128 valence electrons. The predicted molar refractivity (Wildman–Crippen MR) is 103 cm³/mol. The molecule has 2 aromatic carbocycles. The summed E-state index contributed by atoms with van der Waals surface area (Å²) < 4.78 is 14.2. The van der Waals surface area contributed by atoms with E-state index in [1.807, 2.05) is 35.2 Å². The molecule has 0 amide bonds. The van der Waals surface area contributed by atoms with Gasteiger partial charge in [-0.25, -0.2) is 4.39 Å². The summed E-state index contributed by atoms with van der Waals surface area (Å²) in [4.78, 5) is 1.95. The van der Waals surface area contributed by atoms with Crippen molar-refractivity contribution in [3.05, 3.63) is 70.5 Å². The lowest BCUT2D eigenvalue weighted by molar-refractivity contribution is 0.384. The van der Waals surface area contributed by atoms with Crippen LogP contribution in [0.3, 0.4) is 0 Å². The van der Waals surface area contributed by atoms with Crippen molar-refractivity contribution < 1.29 is 4.39 Å². The first-order chi connectivity index (χ1) is 11.5. The minimum atomic E-state index is -0.313. The topological polar surface area (TPSA) is 15.3 Å². The van der Waals surface area contributed by atoms with Crippen molar-refractivity contribution in [1.29, 1.82) is 0 Å². The zero-order chi connectivity index (χ0) is 17.5. The van der Waals surface area contributed by atoms with Gasteiger partial charge in [-0.2, -0.15) is 0 Å². The second-order valence-corrected chi connectivity index (χ2v) is 6.59. The van der Waals surface area contributed by atoms with Crippen LogP contribution in [0.2, 0.25) is 5.02 Å². The smallest absolute Gasteiger partial charge is 0.169 e. The van der Waals surface area contributed by atoms with E-state index in [1.165, 1.54) is 6.07 Å². The summed E-state index contributed by atoms with van der Waals surface area (Å²) in [5, 5.41) is 4.32. The van der Waals surface area contributed by atoms with Crippen molar-refractivity contribution in [2.24, 2.45) is 0 Å². The Bertz CT molecular complexity index is 658. The van der Waals surface area contributed by atoms with Crippen LogP contribution in [0, 0.1) is 5.82 Å². The highest BCUT2D eigenvalue weighted by atomic mass is 35.5. The molecule has 0 saturated heterocycles. The Kier molecular flexibility index (Phi) is 7.00. The van der Waals surface area contributed by atoms with Gasteiger partial charge in [0.05, 0.1) is 0 Å². The SMILES string of the molecule is CCC(C)NC(=S)N(Cc1ccccc1)Cc1c(F)cccc1Cl. The Labute approximate surface area is 153 Å². The Balaban J connectivity index is 2.23. The quantitative estimate of drug-likeness (QED) is 0.713. The molecule has 0 aliphatic rings. The normalized spacial score (nSPS) is 11.8. The van der Waals surface area contributed by atoms with Crippen molar-refractivity contribution >= 4 is 28.9 Å². The Morgan fingerprint density at radius 3 is 2.50 bits per heavy atom. The van der Waals surface area contributed by atoms with E-state index in [-0.39, 0.29) is 11.9 Å². The molecule has 0 bridgehead atoms. The number of rotatable bonds is 6. The number of nitrogens with zero attached hydrogens (tertiary/aromatic N) is 1. The van der Waals surface area contributed by atoms with Crippen LogP contribution in [-0.4, -0.2) is 16.1 Å². The minimum absolute atomic E-state index is 0.256. The first-order valence-electron chi connectivity index (χ1n) is 8.03. The van der Waals surface area contributed by atoms with E-state index in [0.717, 1.165) is 12.0 Å². The molecule has 1 atom stereocenters. The van der Waals surface area contributed by atoms with Gasteiger partial charge in [-0.3, -0.25) is 0 Å². The lowest BCUT2D eigenvalue weighted by Gasteiger charge is -2.28. The zero-order valence-corrected chi connectivity index (χ0v) is 15.5. The lowest BCUT2D eigenvalue weighted by atomic mass is 10.1. The molecule has 1 N–H and O–H groups in total. The van der Waals surface area contributed by atoms with E-state index in [4.69, 9.17) is 23.8 Å². The van der Waals surface area contributed by atoms with E-state index in [1.54, 1.807) is 12.1 Å². The number of hydrogen-bond acceptors (Lipinski definition) is 1. The highest BCUT2D eigenvalue weighted by molar-refractivity contribution is 7.80. The molecule has 0 aliphatic carbocycles. The van der Waals surface area contributed by atoms with Gasteiger partial charge in [0.2, 0.25) is 0 Å². The largest absolute Gasteiger partial charge is 0.360 e. The number of halogens is 2. The fraction of sp³-hybridized carbons (Fsp3) is 0.316. The predicted octanol–water partition coefficient (Wildman–Crippen LogP) is 5.15. The number of hydrogen-bond donors (Lipinski definition) is 1. The number of benzene rings is 2. The first-order valence-corrected chi connectivity index (χ1v) is 8.82. The van der Waals surface area contributed by atoms with Crippen molar-refractivity contribution in [2.45, 2.75) is 39.4 Å². The summed E-state index contributed by atoms with van der Waals surface area (Å²) in [6, 6.07) is 15.0. The van der Waals surface area contributed by atoms with Gasteiger partial charge in [-0.1, -0.05) is 54.9 Å². The molecule has 2 aromatic rings. The molecule has 0 spiro atoms. The fourth-order valence-corrected chi connectivity index (χ4v) is 2.83. The van der Waals surface area contributed by atoms with Crippen LogP contribution >= 0.6 is 23.8 Å². The molecule has 0 fully saturated rings. The summed E-state index contributed by atoms with van der Waals surface area (Å²) in [7, 11) is 0. The molecule has 0 heterocycles. The number of nitrogens with one attached hydrogen (secondary N) is 1. The van der Waals surface area contributed by atoms with Gasteiger partial charge >= 0.3 is 0 Å². The molecule has 5 heteroatoms. The second-order valence-electron chi connectivity index (χ2n) is 5.80. The first kappa shape index (κ1) is 18.7. The Morgan fingerprint density at radius 1 is 1.17 bits per heavy atom. The monoisotopic (exact) mass is 364 g/mol. The van der Waals surface area contributed by atoms with Crippen LogP contribution in [0.1, 0.15) is 31.4 Å². The van der Waals surface area contributed by atoms with Gasteiger partial charge in [-0.15, -0.1) is 0 Å². The third-order valence-corrected chi connectivity index (χ3v) is 4.63. The van der Waals surface area contributed by atoms with E-state index >= 15 is 0 Å². The van der Waals surface area contributed by atoms with Gasteiger partial charge in [0.15, 0.2) is 5.11 Å². The molecule has 0 aromatic heterocycles. The van der Waals surface area contributed by atoms with Crippen LogP contribution in [0.15, 0.2) is 48.5 Å². The molecule has 0 saturated carbocycles. The summed E-state index contributed by atoms with van der Waals surface area (Å²) >= 11 is 11.7. The maximum Gasteiger partial charge on any atom is 0.169 e. The number of thiocarbonyl (C=S) groups is 1. The van der Waals surface area contributed by atoms with Gasteiger partial charge in [0, 0.05) is 29.7 Å². The van der Waals surface area contributed by atoms with Crippen molar-refractivity contribution in [2.75, 3.05) is 0 Å². The van der Waals surface area contributed by atoms with Gasteiger partial charge < -0.3 is 10.2 Å². The molecule has 24 heavy (non-hydrogen) atoms. The third-order valence-electron chi connectivity index (χ3n) is 3.90. The summed E-state index contributed by atoms with van der Waals surface area (Å²) in [5.41, 5.74) is 1.57. The summed E-state index contributed by atoms with van der Waals surface area (Å²) in [6.07, 6.45) is 0.958. The van der Waals surface area contributed by atoms with Gasteiger partial charge in [0.1, 0.15) is 5.82 Å². The van der Waals surface area contributed by atoms with Gasteiger partial charge in [-0.05, 0) is 43.3 Å². The average molecular weight is 365 g/mol. The maximum absolute atomic E-state index is 14.2. The van der Waals surface area contributed by atoms with E-state index < -0.39 is 0 Å². The third kappa shape index (κ3) is 5.18. The van der Waals surface area contributed by atoms with E-state index in [0.29, 0.717) is 28.8 Å². The van der Waals surface area contributed by atoms with Crippen LogP contribution in [0.25, 0.3) is 0 Å². The van der Waals surface area contributed by atoms with Crippen LogP contribution in [0.5, 0.6) is 0 Å². The molecule has 2 nitrogen and oxygen atoms in total. The van der Waals surface area contributed by atoms with Crippen molar-refractivity contribution in [1.82, 2.24) is 10.2 Å². The Morgan fingerprint density at radius 2 is 1.88 bits per heavy atom. The second kappa shape index (κ2) is 9.00.